The second-order valence-corrected chi connectivity index (χ2v) is 9.04. The fourth-order valence-electron chi connectivity index (χ4n) is 3.04. The standard InChI is InChI=1S/C27H45NO4/c1-20(2)12-9-13-22(5)14-10-15-23(6)16-11-17-24(7)18-19-32-27(30)28-25(21(3)4)26(29)31-8/h12,14,16,18,21,25H,9-11,13,15,17,19H2,1-8H3,(H,28,30)/b22-14+,23-16+,24-18+. The van der Waals surface area contributed by atoms with Crippen LogP contribution in [0, 0.1) is 5.92 Å². The third-order valence-corrected chi connectivity index (χ3v) is 5.20. The number of esters is 1. The smallest absolute Gasteiger partial charge is 0.408 e. The van der Waals surface area contributed by atoms with Crippen LogP contribution in [0.1, 0.15) is 87.0 Å². The first-order chi connectivity index (χ1) is 15.1. The molecule has 0 aliphatic heterocycles. The van der Waals surface area contributed by atoms with Crippen LogP contribution in [-0.2, 0) is 14.3 Å². The molecule has 182 valence electrons. The average Bonchev–Trinajstić information content (AvgIpc) is 2.71. The van der Waals surface area contributed by atoms with Crippen LogP contribution in [0.3, 0.4) is 0 Å². The van der Waals surface area contributed by atoms with Gasteiger partial charge in [0, 0.05) is 0 Å². The van der Waals surface area contributed by atoms with Crippen LogP contribution < -0.4 is 5.32 Å². The molecule has 0 rings (SSSR count). The van der Waals surface area contributed by atoms with Gasteiger partial charge in [-0.25, -0.2) is 9.59 Å². The Morgan fingerprint density at radius 2 is 1.25 bits per heavy atom. The number of methoxy groups -OCH3 is 1. The summed E-state index contributed by atoms with van der Waals surface area (Å²) in [7, 11) is 1.30. The molecule has 0 aromatic rings. The van der Waals surface area contributed by atoms with Gasteiger partial charge in [0.15, 0.2) is 0 Å². The fraction of sp³-hybridized carbons (Fsp3) is 0.630. The number of allylic oxidation sites excluding steroid dienone is 7. The van der Waals surface area contributed by atoms with Gasteiger partial charge in [-0.05, 0) is 85.1 Å². The highest BCUT2D eigenvalue weighted by molar-refractivity contribution is 5.81. The molecule has 0 aliphatic rings. The maximum Gasteiger partial charge on any atom is 0.408 e. The van der Waals surface area contributed by atoms with Crippen molar-refractivity contribution >= 4 is 12.1 Å². The van der Waals surface area contributed by atoms with E-state index in [1.165, 1.54) is 29.4 Å². The van der Waals surface area contributed by atoms with Gasteiger partial charge in [-0.1, -0.05) is 54.4 Å². The number of ether oxygens (including phenoxy) is 2. The summed E-state index contributed by atoms with van der Waals surface area (Å²) in [5.41, 5.74) is 5.42. The van der Waals surface area contributed by atoms with Gasteiger partial charge in [0.25, 0.3) is 0 Å². The third-order valence-electron chi connectivity index (χ3n) is 5.20. The van der Waals surface area contributed by atoms with E-state index in [-0.39, 0.29) is 12.5 Å². The van der Waals surface area contributed by atoms with Crippen molar-refractivity contribution in [3.63, 3.8) is 0 Å². The Morgan fingerprint density at radius 3 is 1.69 bits per heavy atom. The van der Waals surface area contributed by atoms with Crippen molar-refractivity contribution < 1.29 is 19.1 Å². The second kappa shape index (κ2) is 17.3. The van der Waals surface area contributed by atoms with Crippen LogP contribution in [-0.4, -0.2) is 31.8 Å². The summed E-state index contributed by atoms with van der Waals surface area (Å²) in [6, 6.07) is -0.707. The Morgan fingerprint density at radius 1 is 0.781 bits per heavy atom. The normalized spacial score (nSPS) is 13.6. The molecule has 1 N–H and O–H groups in total. The van der Waals surface area contributed by atoms with Gasteiger partial charge in [-0.15, -0.1) is 0 Å². The van der Waals surface area contributed by atoms with Crippen LogP contribution in [0.15, 0.2) is 46.6 Å². The van der Waals surface area contributed by atoms with E-state index in [9.17, 15) is 9.59 Å². The summed E-state index contributed by atoms with van der Waals surface area (Å²) >= 11 is 0. The number of alkyl carbamates (subject to hydrolysis) is 1. The van der Waals surface area contributed by atoms with Crippen molar-refractivity contribution in [2.45, 2.75) is 93.0 Å². The molecule has 0 heterocycles. The maximum absolute atomic E-state index is 11.9. The number of hydrogen-bond acceptors (Lipinski definition) is 4. The zero-order chi connectivity index (χ0) is 24.5. The molecule has 0 spiro atoms. The molecule has 5 nitrogen and oxygen atoms in total. The van der Waals surface area contributed by atoms with Crippen molar-refractivity contribution in [1.82, 2.24) is 5.32 Å². The van der Waals surface area contributed by atoms with Crippen molar-refractivity contribution in [2.75, 3.05) is 13.7 Å². The highest BCUT2D eigenvalue weighted by atomic mass is 16.6. The lowest BCUT2D eigenvalue weighted by atomic mass is 10.0. The Balaban J connectivity index is 4.23. The molecular formula is C27H45NO4. The third kappa shape index (κ3) is 15.5. The second-order valence-electron chi connectivity index (χ2n) is 9.04. The van der Waals surface area contributed by atoms with Gasteiger partial charge in [0.2, 0.25) is 0 Å². The molecule has 0 aromatic carbocycles. The van der Waals surface area contributed by atoms with E-state index >= 15 is 0 Å². The molecule has 0 bridgehead atoms. The SMILES string of the molecule is COC(=O)C(NC(=O)OC/C=C(\C)CC/C=C(\C)CC/C=C(\C)CCC=C(C)C)C(C)C. The van der Waals surface area contributed by atoms with Crippen LogP contribution in [0.25, 0.3) is 0 Å². The number of nitrogens with one attached hydrogen (secondary N) is 1. The summed E-state index contributed by atoms with van der Waals surface area (Å²) < 4.78 is 9.88. The lowest BCUT2D eigenvalue weighted by Crippen LogP contribution is -2.45. The van der Waals surface area contributed by atoms with Crippen LogP contribution in [0.4, 0.5) is 4.79 Å². The first-order valence-corrected chi connectivity index (χ1v) is 11.7. The summed E-state index contributed by atoms with van der Waals surface area (Å²) in [5.74, 6) is -0.551. The number of amides is 1. The van der Waals surface area contributed by atoms with E-state index < -0.39 is 18.1 Å². The molecule has 1 atom stereocenters. The Hall–Kier alpha value is -2.30. The summed E-state index contributed by atoms with van der Waals surface area (Å²) in [5, 5.41) is 2.56. The molecule has 0 fully saturated rings. The van der Waals surface area contributed by atoms with Gasteiger partial charge < -0.3 is 14.8 Å². The molecule has 0 radical (unpaired) electrons. The number of rotatable bonds is 14. The Labute approximate surface area is 196 Å². The molecule has 5 heteroatoms. The van der Waals surface area contributed by atoms with E-state index in [1.807, 2.05) is 26.8 Å². The van der Waals surface area contributed by atoms with Gasteiger partial charge in [0.1, 0.15) is 12.6 Å². The molecule has 0 aromatic heterocycles. The highest BCUT2D eigenvalue weighted by Crippen LogP contribution is 2.13. The molecule has 32 heavy (non-hydrogen) atoms. The van der Waals surface area contributed by atoms with Gasteiger partial charge in [-0.2, -0.15) is 0 Å². The minimum atomic E-state index is -0.707. The fourth-order valence-corrected chi connectivity index (χ4v) is 3.04. The highest BCUT2D eigenvalue weighted by Gasteiger charge is 2.25. The largest absolute Gasteiger partial charge is 0.467 e. The Bertz CT molecular complexity index is 694. The maximum atomic E-state index is 11.9. The number of carbonyl (C=O) groups is 2. The van der Waals surface area contributed by atoms with Crippen molar-refractivity contribution in [3.05, 3.63) is 46.6 Å². The van der Waals surface area contributed by atoms with Gasteiger partial charge in [-0.3, -0.25) is 0 Å². The van der Waals surface area contributed by atoms with Gasteiger partial charge in [0.05, 0.1) is 7.11 Å². The molecule has 0 saturated carbocycles. The quantitative estimate of drug-likeness (QED) is 0.229. The minimum absolute atomic E-state index is 0.0795. The number of hydrogen-bond donors (Lipinski definition) is 1. The first-order valence-electron chi connectivity index (χ1n) is 11.7. The lowest BCUT2D eigenvalue weighted by Gasteiger charge is -2.19. The van der Waals surface area contributed by atoms with Crippen molar-refractivity contribution in [3.8, 4) is 0 Å². The number of carbonyl (C=O) groups excluding carboxylic acids is 2. The van der Waals surface area contributed by atoms with Crippen LogP contribution >= 0.6 is 0 Å². The summed E-state index contributed by atoms with van der Waals surface area (Å²) in [6.45, 7) is 14.6. The van der Waals surface area contributed by atoms with E-state index in [1.54, 1.807) is 0 Å². The van der Waals surface area contributed by atoms with Crippen LogP contribution in [0.2, 0.25) is 0 Å². The zero-order valence-electron chi connectivity index (χ0n) is 21.5. The predicted octanol–water partition coefficient (Wildman–Crippen LogP) is 7.06. The van der Waals surface area contributed by atoms with E-state index in [4.69, 9.17) is 9.47 Å². The summed E-state index contributed by atoms with van der Waals surface area (Å²) in [4.78, 5) is 23.6. The van der Waals surface area contributed by atoms with Crippen LogP contribution in [0.5, 0.6) is 0 Å². The zero-order valence-corrected chi connectivity index (χ0v) is 21.5. The van der Waals surface area contributed by atoms with E-state index in [2.05, 4.69) is 51.2 Å². The first kappa shape index (κ1) is 29.7. The van der Waals surface area contributed by atoms with Gasteiger partial charge >= 0.3 is 12.1 Å². The topological polar surface area (TPSA) is 64.6 Å². The van der Waals surface area contributed by atoms with E-state index in [0.29, 0.717) is 0 Å². The van der Waals surface area contributed by atoms with Crippen molar-refractivity contribution in [1.29, 1.82) is 0 Å². The molecular weight excluding hydrogens is 402 g/mol. The predicted molar refractivity (Wildman–Crippen MR) is 134 cm³/mol. The Kier molecular flexibility index (Phi) is 16.0. The summed E-state index contributed by atoms with van der Waals surface area (Å²) in [6.07, 6.45) is 14.6. The molecule has 0 saturated heterocycles. The molecule has 1 amide bonds. The van der Waals surface area contributed by atoms with E-state index in [0.717, 1.165) is 38.5 Å². The molecule has 1 unspecified atom stereocenters. The lowest BCUT2D eigenvalue weighted by molar-refractivity contribution is -0.144. The minimum Gasteiger partial charge on any atom is -0.467 e. The molecule has 0 aliphatic carbocycles. The monoisotopic (exact) mass is 447 g/mol. The van der Waals surface area contributed by atoms with Crippen molar-refractivity contribution in [2.24, 2.45) is 5.92 Å². The average molecular weight is 448 g/mol.